The molecule has 1 heterocycles. The lowest BCUT2D eigenvalue weighted by Gasteiger charge is -2.30. The lowest BCUT2D eigenvalue weighted by Crippen LogP contribution is -2.43. The summed E-state index contributed by atoms with van der Waals surface area (Å²) >= 11 is 0. The van der Waals surface area contributed by atoms with Crippen LogP contribution in [-0.4, -0.2) is 31.9 Å². The van der Waals surface area contributed by atoms with E-state index < -0.39 is 0 Å². The van der Waals surface area contributed by atoms with Gasteiger partial charge in [0, 0.05) is 26.2 Å². The SMILES string of the molecule is N#CC(C#N)=NNc1ccccc1N1CCNCC1. The Morgan fingerprint density at radius 3 is 2.58 bits per heavy atom. The highest BCUT2D eigenvalue weighted by molar-refractivity contribution is 6.10. The number of para-hydroxylation sites is 2. The summed E-state index contributed by atoms with van der Waals surface area (Å²) in [5.74, 6) is 0. The van der Waals surface area contributed by atoms with Crippen LogP contribution in [0.4, 0.5) is 11.4 Å². The molecular weight excluding hydrogens is 240 g/mol. The fraction of sp³-hybridized carbons (Fsp3) is 0.308. The van der Waals surface area contributed by atoms with E-state index in [2.05, 4.69) is 20.7 Å². The average molecular weight is 254 g/mol. The van der Waals surface area contributed by atoms with Crippen molar-refractivity contribution in [1.82, 2.24) is 5.32 Å². The molecule has 0 unspecified atom stereocenters. The number of benzene rings is 1. The van der Waals surface area contributed by atoms with Gasteiger partial charge in [-0.2, -0.15) is 15.6 Å². The van der Waals surface area contributed by atoms with Crippen molar-refractivity contribution in [2.75, 3.05) is 36.5 Å². The largest absolute Gasteiger partial charge is 0.367 e. The number of piperazine rings is 1. The first-order valence-electron chi connectivity index (χ1n) is 6.03. The van der Waals surface area contributed by atoms with Gasteiger partial charge in [0.15, 0.2) is 0 Å². The van der Waals surface area contributed by atoms with Crippen molar-refractivity contribution in [3.8, 4) is 12.1 Å². The third-order valence-corrected chi connectivity index (χ3v) is 2.86. The van der Waals surface area contributed by atoms with Crippen LogP contribution < -0.4 is 15.6 Å². The number of hydrazone groups is 1. The van der Waals surface area contributed by atoms with Gasteiger partial charge in [0.05, 0.1) is 11.4 Å². The van der Waals surface area contributed by atoms with Gasteiger partial charge < -0.3 is 10.2 Å². The van der Waals surface area contributed by atoms with Gasteiger partial charge >= 0.3 is 0 Å². The van der Waals surface area contributed by atoms with Crippen molar-refractivity contribution in [2.24, 2.45) is 5.10 Å². The third kappa shape index (κ3) is 3.21. The zero-order chi connectivity index (χ0) is 13.5. The van der Waals surface area contributed by atoms with E-state index in [1.807, 2.05) is 24.3 Å². The van der Waals surface area contributed by atoms with Crippen molar-refractivity contribution < 1.29 is 0 Å². The molecule has 0 bridgehead atoms. The quantitative estimate of drug-likeness (QED) is 0.618. The van der Waals surface area contributed by atoms with E-state index in [-0.39, 0.29) is 5.71 Å². The van der Waals surface area contributed by atoms with Crippen LogP contribution in [0, 0.1) is 22.7 Å². The van der Waals surface area contributed by atoms with Crippen molar-refractivity contribution >= 4 is 17.1 Å². The van der Waals surface area contributed by atoms with Crippen LogP contribution in [0.25, 0.3) is 0 Å². The highest BCUT2D eigenvalue weighted by atomic mass is 15.3. The minimum Gasteiger partial charge on any atom is -0.367 e. The summed E-state index contributed by atoms with van der Waals surface area (Å²) < 4.78 is 0. The van der Waals surface area contributed by atoms with E-state index in [1.54, 1.807) is 12.1 Å². The van der Waals surface area contributed by atoms with Gasteiger partial charge in [-0.05, 0) is 12.1 Å². The summed E-state index contributed by atoms with van der Waals surface area (Å²) in [6, 6.07) is 11.2. The summed E-state index contributed by atoms with van der Waals surface area (Å²) in [5.41, 5.74) is 4.44. The number of anilines is 2. The topological polar surface area (TPSA) is 87.2 Å². The molecule has 0 aliphatic carbocycles. The summed E-state index contributed by atoms with van der Waals surface area (Å²) in [6.07, 6.45) is 0. The Balaban J connectivity index is 2.19. The monoisotopic (exact) mass is 254 g/mol. The number of hydrogen-bond donors (Lipinski definition) is 2. The van der Waals surface area contributed by atoms with Gasteiger partial charge in [0.25, 0.3) is 0 Å². The lowest BCUT2D eigenvalue weighted by atomic mass is 10.2. The normalized spacial score (nSPS) is 14.1. The molecule has 0 spiro atoms. The maximum absolute atomic E-state index is 8.66. The van der Waals surface area contributed by atoms with Crippen LogP contribution in [0.3, 0.4) is 0 Å². The van der Waals surface area contributed by atoms with Crippen molar-refractivity contribution in [1.29, 1.82) is 10.5 Å². The van der Waals surface area contributed by atoms with Gasteiger partial charge in [-0.15, -0.1) is 0 Å². The van der Waals surface area contributed by atoms with Gasteiger partial charge in [0.2, 0.25) is 5.71 Å². The molecule has 1 aromatic carbocycles. The number of hydrogen-bond acceptors (Lipinski definition) is 6. The molecule has 6 heteroatoms. The predicted molar refractivity (Wildman–Crippen MR) is 73.8 cm³/mol. The molecule has 96 valence electrons. The molecule has 1 aliphatic heterocycles. The van der Waals surface area contributed by atoms with Crippen LogP contribution >= 0.6 is 0 Å². The first-order chi connectivity index (χ1) is 9.35. The Bertz CT molecular complexity index is 529. The average Bonchev–Trinajstić information content (AvgIpc) is 2.49. The zero-order valence-electron chi connectivity index (χ0n) is 10.4. The molecule has 0 aromatic heterocycles. The summed E-state index contributed by atoms with van der Waals surface area (Å²) in [6.45, 7) is 3.73. The smallest absolute Gasteiger partial charge is 0.237 e. The molecule has 0 atom stereocenters. The molecule has 2 N–H and O–H groups in total. The zero-order valence-corrected chi connectivity index (χ0v) is 10.4. The highest BCUT2D eigenvalue weighted by Crippen LogP contribution is 2.25. The standard InChI is InChI=1S/C13H14N6/c14-9-11(10-15)17-18-12-3-1-2-4-13(12)19-7-5-16-6-8-19/h1-4,16,18H,5-8H2. The number of nitrogens with one attached hydrogen (secondary N) is 2. The summed E-state index contributed by atoms with van der Waals surface area (Å²) in [7, 11) is 0. The summed E-state index contributed by atoms with van der Waals surface area (Å²) in [4.78, 5) is 2.24. The molecule has 1 aromatic rings. The van der Waals surface area contributed by atoms with E-state index in [4.69, 9.17) is 10.5 Å². The minimum absolute atomic E-state index is 0.185. The van der Waals surface area contributed by atoms with E-state index >= 15 is 0 Å². The number of rotatable bonds is 3. The Kier molecular flexibility index (Phi) is 4.33. The number of nitriles is 2. The maximum Gasteiger partial charge on any atom is 0.237 e. The van der Waals surface area contributed by atoms with Crippen LogP contribution in [0.5, 0.6) is 0 Å². The first-order valence-corrected chi connectivity index (χ1v) is 6.03. The number of nitrogens with zero attached hydrogens (tertiary/aromatic N) is 4. The van der Waals surface area contributed by atoms with E-state index in [1.165, 1.54) is 0 Å². The third-order valence-electron chi connectivity index (χ3n) is 2.86. The van der Waals surface area contributed by atoms with Gasteiger partial charge in [-0.3, -0.25) is 5.43 Å². The Morgan fingerprint density at radius 1 is 1.21 bits per heavy atom. The van der Waals surface area contributed by atoms with Crippen molar-refractivity contribution in [3.05, 3.63) is 24.3 Å². The molecule has 1 fully saturated rings. The summed E-state index contributed by atoms with van der Waals surface area (Å²) in [5, 5.41) is 24.4. The Labute approximate surface area is 111 Å². The van der Waals surface area contributed by atoms with Crippen molar-refractivity contribution in [3.63, 3.8) is 0 Å². The van der Waals surface area contributed by atoms with E-state index in [9.17, 15) is 0 Å². The lowest BCUT2D eigenvalue weighted by molar-refractivity contribution is 0.589. The van der Waals surface area contributed by atoms with E-state index in [0.717, 1.165) is 37.6 Å². The van der Waals surface area contributed by atoms with Gasteiger partial charge in [-0.1, -0.05) is 12.1 Å². The van der Waals surface area contributed by atoms with Crippen LogP contribution in [-0.2, 0) is 0 Å². The van der Waals surface area contributed by atoms with Crippen molar-refractivity contribution in [2.45, 2.75) is 0 Å². The molecule has 0 saturated carbocycles. The molecule has 6 nitrogen and oxygen atoms in total. The fourth-order valence-electron chi connectivity index (χ4n) is 1.94. The molecule has 0 amide bonds. The second-order valence-corrected chi connectivity index (χ2v) is 4.05. The van der Waals surface area contributed by atoms with Gasteiger partial charge in [-0.25, -0.2) is 0 Å². The molecule has 2 rings (SSSR count). The second-order valence-electron chi connectivity index (χ2n) is 4.05. The Morgan fingerprint density at radius 2 is 1.89 bits per heavy atom. The molecule has 0 radical (unpaired) electrons. The highest BCUT2D eigenvalue weighted by Gasteiger charge is 2.13. The first kappa shape index (κ1) is 12.9. The molecule has 1 aliphatic rings. The molecule has 1 saturated heterocycles. The minimum atomic E-state index is -0.185. The predicted octanol–water partition coefficient (Wildman–Crippen LogP) is 0.911. The van der Waals surface area contributed by atoms with Crippen LogP contribution in [0.15, 0.2) is 29.4 Å². The molecular formula is C13H14N6. The van der Waals surface area contributed by atoms with E-state index in [0.29, 0.717) is 0 Å². The Hall–Kier alpha value is -2.57. The van der Waals surface area contributed by atoms with Crippen LogP contribution in [0.2, 0.25) is 0 Å². The van der Waals surface area contributed by atoms with Crippen LogP contribution in [0.1, 0.15) is 0 Å². The second kappa shape index (κ2) is 6.39. The van der Waals surface area contributed by atoms with Gasteiger partial charge in [0.1, 0.15) is 12.1 Å². The maximum atomic E-state index is 8.66. The molecule has 19 heavy (non-hydrogen) atoms. The fourth-order valence-corrected chi connectivity index (χ4v) is 1.94.